The molecule has 2 aromatic rings. The van der Waals surface area contributed by atoms with Gasteiger partial charge in [-0.05, 0) is 24.0 Å². The second-order valence-electron chi connectivity index (χ2n) is 5.13. The zero-order valence-electron chi connectivity index (χ0n) is 11.9. The van der Waals surface area contributed by atoms with Gasteiger partial charge in [0.25, 0.3) is 0 Å². The molecule has 0 amide bonds. The Hall–Kier alpha value is -2.17. The highest BCUT2D eigenvalue weighted by Crippen LogP contribution is 2.25. The SMILES string of the molecule is CNc1nc(N2CCc3ccccc3CC2)c(F)cc1F. The van der Waals surface area contributed by atoms with E-state index in [2.05, 4.69) is 22.4 Å². The van der Waals surface area contributed by atoms with Crippen LogP contribution in [0.25, 0.3) is 0 Å². The normalized spacial score (nSPS) is 14.5. The maximum Gasteiger partial charge on any atom is 0.168 e. The minimum atomic E-state index is -0.670. The number of benzene rings is 1. The van der Waals surface area contributed by atoms with Crippen LogP contribution in [0.2, 0.25) is 0 Å². The number of hydrogen-bond acceptors (Lipinski definition) is 3. The molecular formula is C16H17F2N3. The van der Waals surface area contributed by atoms with Crippen LogP contribution in [0, 0.1) is 11.6 Å². The number of nitrogens with one attached hydrogen (secondary N) is 1. The molecule has 1 N–H and O–H groups in total. The fraction of sp³-hybridized carbons (Fsp3) is 0.312. The highest BCUT2D eigenvalue weighted by atomic mass is 19.1. The van der Waals surface area contributed by atoms with Gasteiger partial charge >= 0.3 is 0 Å². The summed E-state index contributed by atoms with van der Waals surface area (Å²) in [6, 6.07) is 9.14. The molecule has 0 spiro atoms. The van der Waals surface area contributed by atoms with Crippen LogP contribution in [0.5, 0.6) is 0 Å². The summed E-state index contributed by atoms with van der Waals surface area (Å²) >= 11 is 0. The van der Waals surface area contributed by atoms with E-state index >= 15 is 0 Å². The molecule has 0 radical (unpaired) electrons. The Bertz CT molecular complexity index is 631. The van der Waals surface area contributed by atoms with Crippen molar-refractivity contribution in [3.63, 3.8) is 0 Å². The molecule has 1 aromatic heterocycles. The molecule has 2 heterocycles. The lowest BCUT2D eigenvalue weighted by Gasteiger charge is -2.22. The summed E-state index contributed by atoms with van der Waals surface area (Å²) in [7, 11) is 1.57. The van der Waals surface area contributed by atoms with Gasteiger partial charge in [-0.25, -0.2) is 13.8 Å². The summed E-state index contributed by atoms with van der Waals surface area (Å²) in [5.74, 6) is -0.990. The van der Waals surface area contributed by atoms with E-state index in [0.29, 0.717) is 13.1 Å². The fourth-order valence-electron chi connectivity index (χ4n) is 2.73. The Morgan fingerprint density at radius 3 is 2.24 bits per heavy atom. The smallest absolute Gasteiger partial charge is 0.168 e. The molecule has 21 heavy (non-hydrogen) atoms. The molecule has 110 valence electrons. The van der Waals surface area contributed by atoms with Crippen LogP contribution in [0.4, 0.5) is 20.4 Å². The first-order valence-corrected chi connectivity index (χ1v) is 7.04. The topological polar surface area (TPSA) is 28.2 Å². The largest absolute Gasteiger partial charge is 0.371 e. The van der Waals surface area contributed by atoms with Gasteiger partial charge in [0.2, 0.25) is 0 Å². The average molecular weight is 289 g/mol. The third-order valence-electron chi connectivity index (χ3n) is 3.87. The molecule has 1 aromatic carbocycles. The van der Waals surface area contributed by atoms with Crippen LogP contribution in [0.3, 0.4) is 0 Å². The van der Waals surface area contributed by atoms with Gasteiger partial charge in [-0.2, -0.15) is 0 Å². The molecule has 1 aliphatic heterocycles. The van der Waals surface area contributed by atoms with Crippen LogP contribution < -0.4 is 10.2 Å². The first-order valence-electron chi connectivity index (χ1n) is 7.04. The second-order valence-corrected chi connectivity index (χ2v) is 5.13. The van der Waals surface area contributed by atoms with Crippen molar-refractivity contribution in [2.24, 2.45) is 0 Å². The Balaban J connectivity index is 1.89. The van der Waals surface area contributed by atoms with Crippen molar-refractivity contribution in [3.8, 4) is 0 Å². The van der Waals surface area contributed by atoms with Crippen molar-refractivity contribution in [3.05, 3.63) is 53.1 Å². The van der Waals surface area contributed by atoms with E-state index in [-0.39, 0.29) is 11.6 Å². The van der Waals surface area contributed by atoms with Gasteiger partial charge in [0.05, 0.1) is 0 Å². The summed E-state index contributed by atoms with van der Waals surface area (Å²) in [6.07, 6.45) is 1.67. The maximum atomic E-state index is 14.0. The van der Waals surface area contributed by atoms with Crippen LogP contribution in [-0.2, 0) is 12.8 Å². The van der Waals surface area contributed by atoms with Gasteiger partial charge in [-0.1, -0.05) is 24.3 Å². The molecule has 0 fully saturated rings. The third kappa shape index (κ3) is 2.68. The van der Waals surface area contributed by atoms with Gasteiger partial charge in [0.1, 0.15) is 0 Å². The lowest BCUT2D eigenvalue weighted by Crippen LogP contribution is -2.28. The Kier molecular flexibility index (Phi) is 3.73. The highest BCUT2D eigenvalue weighted by Gasteiger charge is 2.20. The standard InChI is InChI=1S/C16H17F2N3/c1-19-15-13(17)10-14(18)16(20-15)21-8-6-11-4-2-3-5-12(11)7-9-21/h2-5,10H,6-9H2,1H3,(H,19,20). The van der Waals surface area contributed by atoms with Crippen molar-refractivity contribution in [1.82, 2.24) is 4.98 Å². The summed E-state index contributed by atoms with van der Waals surface area (Å²) in [5.41, 5.74) is 2.58. The predicted molar refractivity (Wildman–Crippen MR) is 79.8 cm³/mol. The lowest BCUT2D eigenvalue weighted by molar-refractivity contribution is 0.570. The number of aromatic nitrogens is 1. The maximum absolute atomic E-state index is 14.0. The molecular weight excluding hydrogens is 272 g/mol. The van der Waals surface area contributed by atoms with E-state index < -0.39 is 11.6 Å². The van der Waals surface area contributed by atoms with Crippen molar-refractivity contribution >= 4 is 11.6 Å². The van der Waals surface area contributed by atoms with E-state index in [1.165, 1.54) is 11.1 Å². The fourth-order valence-corrected chi connectivity index (χ4v) is 2.73. The molecule has 1 aliphatic rings. The monoisotopic (exact) mass is 289 g/mol. The molecule has 0 saturated heterocycles. The van der Waals surface area contributed by atoms with Crippen LogP contribution in [0.1, 0.15) is 11.1 Å². The molecule has 0 saturated carbocycles. The first-order chi connectivity index (χ1) is 10.2. The number of halogens is 2. The van der Waals surface area contributed by atoms with Gasteiger partial charge in [-0.3, -0.25) is 0 Å². The lowest BCUT2D eigenvalue weighted by atomic mass is 10.0. The van der Waals surface area contributed by atoms with Crippen LogP contribution in [0.15, 0.2) is 30.3 Å². The van der Waals surface area contributed by atoms with E-state index in [0.717, 1.165) is 18.9 Å². The third-order valence-corrected chi connectivity index (χ3v) is 3.87. The van der Waals surface area contributed by atoms with Crippen LogP contribution >= 0.6 is 0 Å². The molecule has 3 nitrogen and oxygen atoms in total. The molecule has 0 bridgehead atoms. The summed E-state index contributed by atoms with van der Waals surface area (Å²) < 4.78 is 27.6. The van der Waals surface area contributed by atoms with Gasteiger partial charge in [-0.15, -0.1) is 0 Å². The van der Waals surface area contributed by atoms with E-state index in [1.54, 1.807) is 7.05 Å². The quantitative estimate of drug-likeness (QED) is 0.921. The summed E-state index contributed by atoms with van der Waals surface area (Å²) in [4.78, 5) is 5.97. The Labute approximate surface area is 122 Å². The summed E-state index contributed by atoms with van der Waals surface area (Å²) in [5, 5.41) is 2.66. The first kappa shape index (κ1) is 13.8. The van der Waals surface area contributed by atoms with Gasteiger partial charge < -0.3 is 10.2 Å². The number of hydrogen-bond donors (Lipinski definition) is 1. The number of anilines is 2. The van der Waals surface area contributed by atoms with Crippen molar-refractivity contribution in [1.29, 1.82) is 0 Å². The Morgan fingerprint density at radius 1 is 1.05 bits per heavy atom. The molecule has 0 unspecified atom stereocenters. The molecule has 5 heteroatoms. The Morgan fingerprint density at radius 2 is 1.67 bits per heavy atom. The minimum absolute atomic E-state index is 0.0770. The van der Waals surface area contributed by atoms with E-state index in [9.17, 15) is 8.78 Å². The van der Waals surface area contributed by atoms with Gasteiger partial charge in [0, 0.05) is 26.2 Å². The number of fused-ring (bicyclic) bond motifs is 1. The highest BCUT2D eigenvalue weighted by molar-refractivity contribution is 5.50. The molecule has 0 atom stereocenters. The zero-order chi connectivity index (χ0) is 14.8. The minimum Gasteiger partial charge on any atom is -0.371 e. The second kappa shape index (κ2) is 5.68. The molecule has 3 rings (SSSR count). The summed E-state index contributed by atoms with van der Waals surface area (Å²) in [6.45, 7) is 1.35. The van der Waals surface area contributed by atoms with E-state index in [4.69, 9.17) is 0 Å². The molecule has 0 aliphatic carbocycles. The van der Waals surface area contributed by atoms with Crippen molar-refractivity contribution in [2.45, 2.75) is 12.8 Å². The number of nitrogens with zero attached hydrogens (tertiary/aromatic N) is 2. The van der Waals surface area contributed by atoms with E-state index in [1.807, 2.05) is 17.0 Å². The number of rotatable bonds is 2. The number of pyridine rings is 1. The van der Waals surface area contributed by atoms with Crippen molar-refractivity contribution < 1.29 is 8.78 Å². The average Bonchev–Trinajstić information content (AvgIpc) is 2.70. The van der Waals surface area contributed by atoms with Crippen LogP contribution in [-0.4, -0.2) is 25.1 Å². The zero-order valence-corrected chi connectivity index (χ0v) is 11.9. The van der Waals surface area contributed by atoms with Crippen molar-refractivity contribution in [2.75, 3.05) is 30.4 Å². The van der Waals surface area contributed by atoms with Gasteiger partial charge in [0.15, 0.2) is 23.3 Å². The predicted octanol–water partition coefficient (Wildman–Crippen LogP) is 3.01.